The molecular weight excluding hydrogens is 484 g/mol. The number of nitrogens with zero attached hydrogens (tertiary/aromatic N) is 4. The molecule has 3 heterocycles. The maximum absolute atomic E-state index is 13.0. The van der Waals surface area contributed by atoms with E-state index in [9.17, 15) is 9.59 Å². The second-order valence-electron chi connectivity index (χ2n) is 8.97. The number of carbonyl (C=O) groups excluding carboxylic acids is 2. The van der Waals surface area contributed by atoms with Gasteiger partial charge in [0.25, 0.3) is 5.91 Å². The van der Waals surface area contributed by atoms with Crippen LogP contribution < -0.4 is 21.1 Å². The molecule has 0 aliphatic carbocycles. The first kappa shape index (κ1) is 24.8. The van der Waals surface area contributed by atoms with Gasteiger partial charge in [-0.05, 0) is 42.7 Å². The number of aromatic amines is 1. The largest absolute Gasteiger partial charge is 0.497 e. The van der Waals surface area contributed by atoms with Crippen molar-refractivity contribution in [1.82, 2.24) is 25.1 Å². The van der Waals surface area contributed by atoms with Crippen LogP contribution in [0.15, 0.2) is 67.1 Å². The standard InChI is InChI=1S/C27H28N8O3/c1-38-21-10-6-17(7-11-21)19-3-2-14-35(16-19)27(37)31-20-8-4-18(5-9-20)24-23(25(28)36)26(34-33-24)32-22-15-29-12-13-30-22/h4-13,15,19H,2-3,14,16H2,1H3,(H2,28,36)(H,31,37)(H2,30,32,33,34). The summed E-state index contributed by atoms with van der Waals surface area (Å²) in [6.07, 6.45) is 6.55. The Morgan fingerprint density at radius 3 is 2.58 bits per heavy atom. The highest BCUT2D eigenvalue weighted by molar-refractivity contribution is 6.04. The van der Waals surface area contributed by atoms with Crippen LogP contribution in [0.5, 0.6) is 5.75 Å². The first-order valence-electron chi connectivity index (χ1n) is 12.2. The van der Waals surface area contributed by atoms with Gasteiger partial charge in [-0.2, -0.15) is 5.10 Å². The molecule has 2 aromatic heterocycles. The van der Waals surface area contributed by atoms with Crippen molar-refractivity contribution < 1.29 is 14.3 Å². The summed E-state index contributed by atoms with van der Waals surface area (Å²) in [7, 11) is 1.65. The molecular formula is C27H28N8O3. The Labute approximate surface area is 219 Å². The number of piperidine rings is 1. The van der Waals surface area contributed by atoms with Crippen molar-refractivity contribution in [3.8, 4) is 17.0 Å². The van der Waals surface area contributed by atoms with Crippen molar-refractivity contribution in [2.75, 3.05) is 30.8 Å². The lowest BCUT2D eigenvalue weighted by Gasteiger charge is -2.33. The van der Waals surface area contributed by atoms with E-state index in [1.807, 2.05) is 17.0 Å². The molecule has 194 valence electrons. The van der Waals surface area contributed by atoms with Crippen LogP contribution in [0.4, 0.5) is 22.1 Å². The molecule has 1 atom stereocenters. The van der Waals surface area contributed by atoms with Gasteiger partial charge in [0.1, 0.15) is 17.1 Å². The Kier molecular flexibility index (Phi) is 7.16. The first-order valence-corrected chi connectivity index (χ1v) is 12.2. The second kappa shape index (κ2) is 11.0. The molecule has 0 spiro atoms. The van der Waals surface area contributed by atoms with Gasteiger partial charge >= 0.3 is 6.03 Å². The SMILES string of the molecule is COc1ccc(C2CCCN(C(=O)Nc3ccc(-c4[nH]nc(Nc5cnccn5)c4C(N)=O)cc3)C2)cc1. The molecule has 2 aromatic carbocycles. The zero-order valence-corrected chi connectivity index (χ0v) is 20.8. The molecule has 5 rings (SSSR count). The predicted octanol–water partition coefficient (Wildman–Crippen LogP) is 4.13. The van der Waals surface area contributed by atoms with Gasteiger partial charge in [-0.25, -0.2) is 9.78 Å². The second-order valence-corrected chi connectivity index (χ2v) is 8.97. The lowest BCUT2D eigenvalue weighted by Crippen LogP contribution is -2.41. The van der Waals surface area contributed by atoms with Crippen LogP contribution in [0, 0.1) is 0 Å². The van der Waals surface area contributed by atoms with Crippen molar-refractivity contribution >= 4 is 29.3 Å². The van der Waals surface area contributed by atoms with Gasteiger partial charge in [-0.3, -0.25) is 14.9 Å². The number of aromatic nitrogens is 4. The number of nitrogens with two attached hydrogens (primary N) is 1. The van der Waals surface area contributed by atoms with E-state index in [0.29, 0.717) is 35.9 Å². The van der Waals surface area contributed by atoms with Crippen molar-refractivity contribution in [1.29, 1.82) is 0 Å². The van der Waals surface area contributed by atoms with Gasteiger partial charge in [0.15, 0.2) is 5.82 Å². The number of primary amides is 1. The number of rotatable bonds is 7. The summed E-state index contributed by atoms with van der Waals surface area (Å²) < 4.78 is 5.25. The molecule has 1 aliphatic rings. The van der Waals surface area contributed by atoms with Gasteiger partial charge in [0, 0.05) is 42.7 Å². The van der Waals surface area contributed by atoms with E-state index < -0.39 is 5.91 Å². The number of benzene rings is 2. The number of urea groups is 1. The highest BCUT2D eigenvalue weighted by Crippen LogP contribution is 2.30. The third-order valence-corrected chi connectivity index (χ3v) is 6.54. The summed E-state index contributed by atoms with van der Waals surface area (Å²) in [6, 6.07) is 15.0. The molecule has 0 saturated carbocycles. The first-order chi connectivity index (χ1) is 18.5. The molecule has 3 amide bonds. The molecule has 11 heteroatoms. The molecule has 1 aliphatic heterocycles. The number of hydrogen-bond donors (Lipinski definition) is 4. The summed E-state index contributed by atoms with van der Waals surface area (Å²) in [5, 5.41) is 13.0. The van der Waals surface area contributed by atoms with Gasteiger partial charge < -0.3 is 26.0 Å². The fourth-order valence-corrected chi connectivity index (χ4v) is 4.60. The minimum atomic E-state index is -0.644. The lowest BCUT2D eigenvalue weighted by molar-refractivity contribution is 0.100. The van der Waals surface area contributed by atoms with Crippen molar-refractivity contribution in [3.63, 3.8) is 0 Å². The molecule has 1 saturated heterocycles. The number of hydrogen-bond acceptors (Lipinski definition) is 7. The van der Waals surface area contributed by atoms with Crippen LogP contribution in [0.3, 0.4) is 0 Å². The molecule has 1 fully saturated rings. The molecule has 1 unspecified atom stereocenters. The summed E-state index contributed by atoms with van der Waals surface area (Å²) in [5.41, 5.74) is 8.84. The number of anilines is 3. The summed E-state index contributed by atoms with van der Waals surface area (Å²) in [4.78, 5) is 35.2. The van der Waals surface area contributed by atoms with Crippen LogP contribution in [0.1, 0.15) is 34.7 Å². The number of likely N-dealkylation sites (tertiary alicyclic amines) is 1. The number of ether oxygens (including phenoxy) is 1. The fourth-order valence-electron chi connectivity index (χ4n) is 4.60. The smallest absolute Gasteiger partial charge is 0.321 e. The highest BCUT2D eigenvalue weighted by Gasteiger charge is 2.25. The van der Waals surface area contributed by atoms with Crippen LogP contribution in [0.2, 0.25) is 0 Å². The minimum absolute atomic E-state index is 0.147. The normalized spacial score (nSPS) is 15.1. The Balaban J connectivity index is 1.26. The molecule has 11 nitrogen and oxygen atoms in total. The Bertz CT molecular complexity index is 1400. The van der Waals surface area contributed by atoms with E-state index in [-0.39, 0.29) is 23.3 Å². The van der Waals surface area contributed by atoms with E-state index >= 15 is 0 Å². The third-order valence-electron chi connectivity index (χ3n) is 6.54. The Hall–Kier alpha value is -4.93. The van der Waals surface area contributed by atoms with Crippen molar-refractivity contribution in [3.05, 3.63) is 78.2 Å². The zero-order chi connectivity index (χ0) is 26.5. The number of amides is 3. The summed E-state index contributed by atoms with van der Waals surface area (Å²) >= 11 is 0. The maximum Gasteiger partial charge on any atom is 0.321 e. The van der Waals surface area contributed by atoms with Crippen LogP contribution in [0.25, 0.3) is 11.3 Å². The minimum Gasteiger partial charge on any atom is -0.497 e. The van der Waals surface area contributed by atoms with Gasteiger partial charge in [-0.1, -0.05) is 24.3 Å². The zero-order valence-electron chi connectivity index (χ0n) is 20.8. The third kappa shape index (κ3) is 5.41. The Morgan fingerprint density at radius 1 is 1.11 bits per heavy atom. The quantitative estimate of drug-likeness (QED) is 0.291. The molecule has 5 N–H and O–H groups in total. The van der Waals surface area contributed by atoms with E-state index in [1.165, 1.54) is 18.0 Å². The molecule has 0 bridgehead atoms. The number of carbonyl (C=O) groups is 2. The number of nitrogens with one attached hydrogen (secondary N) is 3. The van der Waals surface area contributed by atoms with E-state index in [0.717, 1.165) is 18.6 Å². The van der Waals surface area contributed by atoms with E-state index in [2.05, 4.69) is 42.9 Å². The molecule has 0 radical (unpaired) electrons. The average Bonchev–Trinajstić information content (AvgIpc) is 3.38. The Morgan fingerprint density at radius 2 is 1.89 bits per heavy atom. The highest BCUT2D eigenvalue weighted by atomic mass is 16.5. The lowest BCUT2D eigenvalue weighted by atomic mass is 9.91. The van der Waals surface area contributed by atoms with Crippen LogP contribution >= 0.6 is 0 Å². The topological polar surface area (TPSA) is 151 Å². The monoisotopic (exact) mass is 512 g/mol. The maximum atomic E-state index is 13.0. The fraction of sp³-hybridized carbons (Fsp3) is 0.222. The molecule has 4 aromatic rings. The summed E-state index contributed by atoms with van der Waals surface area (Å²) in [6.45, 7) is 1.35. The van der Waals surface area contributed by atoms with E-state index in [1.54, 1.807) is 37.6 Å². The van der Waals surface area contributed by atoms with Gasteiger partial charge in [0.2, 0.25) is 0 Å². The summed E-state index contributed by atoms with van der Waals surface area (Å²) in [5.74, 6) is 1.13. The van der Waals surface area contributed by atoms with Crippen LogP contribution in [-0.2, 0) is 0 Å². The van der Waals surface area contributed by atoms with Gasteiger partial charge in [0.05, 0.1) is 19.0 Å². The predicted molar refractivity (Wildman–Crippen MR) is 143 cm³/mol. The van der Waals surface area contributed by atoms with Crippen molar-refractivity contribution in [2.45, 2.75) is 18.8 Å². The van der Waals surface area contributed by atoms with E-state index in [4.69, 9.17) is 10.5 Å². The van der Waals surface area contributed by atoms with Crippen molar-refractivity contribution in [2.24, 2.45) is 5.73 Å². The van der Waals surface area contributed by atoms with Crippen LogP contribution in [-0.4, -0.2) is 57.2 Å². The molecule has 38 heavy (non-hydrogen) atoms. The average molecular weight is 513 g/mol. The number of H-pyrrole nitrogens is 1. The number of methoxy groups -OCH3 is 1. The van der Waals surface area contributed by atoms with Gasteiger partial charge in [-0.15, -0.1) is 0 Å².